The van der Waals surface area contributed by atoms with E-state index in [1.54, 1.807) is 0 Å². The van der Waals surface area contributed by atoms with Gasteiger partial charge < -0.3 is 14.4 Å². The first-order chi connectivity index (χ1) is 13.4. The van der Waals surface area contributed by atoms with Gasteiger partial charge in [0.25, 0.3) is 0 Å². The van der Waals surface area contributed by atoms with Crippen LogP contribution in [0.2, 0.25) is 0 Å². The molecule has 0 radical (unpaired) electrons. The molecule has 0 aromatic rings. The number of likely N-dealkylation sites (tertiary alicyclic amines) is 1. The minimum absolute atomic E-state index is 0.00428. The van der Waals surface area contributed by atoms with E-state index in [1.807, 2.05) is 6.92 Å². The van der Waals surface area contributed by atoms with Crippen molar-refractivity contribution in [1.29, 1.82) is 0 Å². The molecule has 5 atom stereocenters. The molecular weight excluding hydrogens is 354 g/mol. The molecule has 2 saturated heterocycles. The largest absolute Gasteiger partial charge is 0.466 e. The number of hydrogen-bond acceptors (Lipinski definition) is 5. The quantitative estimate of drug-likeness (QED) is 0.543. The lowest BCUT2D eigenvalue weighted by molar-refractivity contribution is -0.150. The maximum absolute atomic E-state index is 12.7. The number of hydrogen-bond donors (Lipinski definition) is 0. The van der Waals surface area contributed by atoms with Crippen LogP contribution < -0.4 is 0 Å². The fraction of sp³-hybridized carbons (Fsp3) is 0.826. The van der Waals surface area contributed by atoms with Crippen LogP contribution >= 0.6 is 0 Å². The Kier molecular flexibility index (Phi) is 5.56. The normalized spacial score (nSPS) is 39.2. The first-order valence-corrected chi connectivity index (χ1v) is 11.2. The second-order valence-corrected chi connectivity index (χ2v) is 9.73. The van der Waals surface area contributed by atoms with Gasteiger partial charge in [-0.25, -0.2) is 0 Å². The van der Waals surface area contributed by atoms with Crippen LogP contribution in [0.1, 0.15) is 58.8 Å². The maximum Gasteiger partial charge on any atom is 0.310 e. The molecule has 4 rings (SSSR count). The van der Waals surface area contributed by atoms with E-state index in [4.69, 9.17) is 9.47 Å². The molecule has 5 heteroatoms. The van der Waals surface area contributed by atoms with Crippen molar-refractivity contribution in [2.45, 2.75) is 64.9 Å². The summed E-state index contributed by atoms with van der Waals surface area (Å²) < 4.78 is 11.1. The molecule has 0 unspecified atom stereocenters. The second-order valence-electron chi connectivity index (χ2n) is 9.73. The van der Waals surface area contributed by atoms with Crippen molar-refractivity contribution in [3.8, 4) is 0 Å². The Morgan fingerprint density at radius 3 is 2.82 bits per heavy atom. The number of esters is 2. The minimum Gasteiger partial charge on any atom is -0.466 e. The zero-order valence-corrected chi connectivity index (χ0v) is 17.5. The molecule has 156 valence electrons. The molecule has 4 aliphatic rings. The van der Waals surface area contributed by atoms with Gasteiger partial charge in [0, 0.05) is 12.5 Å². The second kappa shape index (κ2) is 7.81. The SMILES string of the molecule is C=C1CCC[C@]2(C)C[C@H]3OC(=O)[C@H](CN4CCC(C(=O)OCC)CC4)[C@H]3C[C@H]12. The molecular formula is C23H35NO4. The molecule has 28 heavy (non-hydrogen) atoms. The lowest BCUT2D eigenvalue weighted by Gasteiger charge is -2.50. The molecule has 2 aliphatic carbocycles. The third kappa shape index (κ3) is 3.62. The minimum atomic E-state index is -0.0649. The van der Waals surface area contributed by atoms with Crippen LogP contribution in [0, 0.1) is 29.1 Å². The van der Waals surface area contributed by atoms with Crippen molar-refractivity contribution in [3.05, 3.63) is 12.2 Å². The van der Waals surface area contributed by atoms with Crippen LogP contribution in [-0.4, -0.2) is 49.2 Å². The molecule has 2 heterocycles. The molecule has 0 amide bonds. The number of ether oxygens (including phenoxy) is 2. The van der Waals surface area contributed by atoms with Gasteiger partial charge in [-0.1, -0.05) is 19.1 Å². The van der Waals surface area contributed by atoms with Crippen LogP contribution in [-0.2, 0) is 19.1 Å². The van der Waals surface area contributed by atoms with Gasteiger partial charge in [0.1, 0.15) is 6.10 Å². The number of carbonyl (C=O) groups is 2. The zero-order chi connectivity index (χ0) is 19.9. The van der Waals surface area contributed by atoms with Gasteiger partial charge >= 0.3 is 11.9 Å². The van der Waals surface area contributed by atoms with Crippen LogP contribution in [0.4, 0.5) is 0 Å². The molecule has 5 nitrogen and oxygen atoms in total. The predicted molar refractivity (Wildman–Crippen MR) is 106 cm³/mol. The maximum atomic E-state index is 12.7. The molecule has 4 fully saturated rings. The molecule has 0 aromatic heterocycles. The Bertz CT molecular complexity index is 639. The summed E-state index contributed by atoms with van der Waals surface area (Å²) in [6.07, 6.45) is 7.36. The molecule has 0 bridgehead atoms. The zero-order valence-electron chi connectivity index (χ0n) is 17.5. The van der Waals surface area contributed by atoms with E-state index in [2.05, 4.69) is 18.4 Å². The number of fused-ring (bicyclic) bond motifs is 2. The van der Waals surface area contributed by atoms with Crippen LogP contribution in [0.25, 0.3) is 0 Å². The van der Waals surface area contributed by atoms with Gasteiger partial charge in [0.05, 0.1) is 18.4 Å². The van der Waals surface area contributed by atoms with Crippen LogP contribution in [0.3, 0.4) is 0 Å². The predicted octanol–water partition coefficient (Wildman–Crippen LogP) is 3.58. The summed E-state index contributed by atoms with van der Waals surface area (Å²) in [5.41, 5.74) is 1.64. The van der Waals surface area contributed by atoms with E-state index >= 15 is 0 Å². The van der Waals surface area contributed by atoms with Crippen molar-refractivity contribution in [2.24, 2.45) is 29.1 Å². The molecule has 2 saturated carbocycles. The highest BCUT2D eigenvalue weighted by Gasteiger charge is 2.55. The average Bonchev–Trinajstić information content (AvgIpc) is 2.95. The first kappa shape index (κ1) is 19.9. The molecule has 0 spiro atoms. The highest BCUT2D eigenvalue weighted by atomic mass is 16.6. The van der Waals surface area contributed by atoms with Gasteiger partial charge in [0.15, 0.2) is 0 Å². The summed E-state index contributed by atoms with van der Waals surface area (Å²) >= 11 is 0. The third-order valence-electron chi connectivity index (χ3n) is 7.98. The van der Waals surface area contributed by atoms with Crippen LogP contribution in [0.5, 0.6) is 0 Å². The number of carbonyl (C=O) groups excluding carboxylic acids is 2. The summed E-state index contributed by atoms with van der Waals surface area (Å²) in [6.45, 7) is 11.5. The van der Waals surface area contributed by atoms with Crippen molar-refractivity contribution in [2.75, 3.05) is 26.2 Å². The lowest BCUT2D eigenvalue weighted by Crippen LogP contribution is -2.46. The number of nitrogens with zero attached hydrogens (tertiary/aromatic N) is 1. The van der Waals surface area contributed by atoms with E-state index in [9.17, 15) is 9.59 Å². The van der Waals surface area contributed by atoms with E-state index in [1.165, 1.54) is 18.4 Å². The summed E-state index contributed by atoms with van der Waals surface area (Å²) in [7, 11) is 0. The standard InChI is InChI=1S/C23H35NO4/c1-4-27-21(25)16-7-10-24(11-8-16)14-18-17-12-19-15(2)6-5-9-23(19,3)13-20(17)28-22(18)26/h16-20H,2,4-14H2,1,3H3/t17-,18-,19-,20-,23-/m1/s1. The van der Waals surface area contributed by atoms with Gasteiger partial charge in [-0.2, -0.15) is 0 Å². The molecule has 2 aliphatic heterocycles. The third-order valence-corrected chi connectivity index (χ3v) is 7.98. The Morgan fingerprint density at radius 2 is 2.11 bits per heavy atom. The summed E-state index contributed by atoms with van der Waals surface area (Å²) in [5.74, 6) is 0.779. The van der Waals surface area contributed by atoms with Crippen molar-refractivity contribution in [3.63, 3.8) is 0 Å². The lowest BCUT2D eigenvalue weighted by atomic mass is 9.55. The monoisotopic (exact) mass is 389 g/mol. The van der Waals surface area contributed by atoms with Crippen molar-refractivity contribution < 1.29 is 19.1 Å². The van der Waals surface area contributed by atoms with Gasteiger partial charge in [-0.3, -0.25) is 9.59 Å². The summed E-state index contributed by atoms with van der Waals surface area (Å²) in [5, 5.41) is 0. The summed E-state index contributed by atoms with van der Waals surface area (Å²) in [6, 6.07) is 0. The van der Waals surface area contributed by atoms with Crippen molar-refractivity contribution >= 4 is 11.9 Å². The fourth-order valence-corrected chi connectivity index (χ4v) is 6.35. The molecule has 0 N–H and O–H groups in total. The highest BCUT2D eigenvalue weighted by Crippen LogP contribution is 2.56. The first-order valence-electron chi connectivity index (χ1n) is 11.2. The Labute approximate surface area is 168 Å². The van der Waals surface area contributed by atoms with E-state index in [0.29, 0.717) is 18.4 Å². The number of allylic oxidation sites excluding steroid dienone is 1. The van der Waals surface area contributed by atoms with E-state index in [-0.39, 0.29) is 35.3 Å². The fourth-order valence-electron chi connectivity index (χ4n) is 6.35. The Hall–Kier alpha value is -1.36. The number of piperidine rings is 1. The van der Waals surface area contributed by atoms with E-state index < -0.39 is 0 Å². The summed E-state index contributed by atoms with van der Waals surface area (Å²) in [4.78, 5) is 27.0. The average molecular weight is 390 g/mol. The van der Waals surface area contributed by atoms with Gasteiger partial charge in [-0.15, -0.1) is 0 Å². The highest BCUT2D eigenvalue weighted by molar-refractivity contribution is 5.76. The van der Waals surface area contributed by atoms with E-state index in [0.717, 1.165) is 51.7 Å². The van der Waals surface area contributed by atoms with Gasteiger partial charge in [-0.05, 0) is 76.3 Å². The van der Waals surface area contributed by atoms with Gasteiger partial charge in [0.2, 0.25) is 0 Å². The number of rotatable bonds is 4. The van der Waals surface area contributed by atoms with Crippen LogP contribution in [0.15, 0.2) is 12.2 Å². The Morgan fingerprint density at radius 1 is 1.36 bits per heavy atom. The van der Waals surface area contributed by atoms with Crippen molar-refractivity contribution in [1.82, 2.24) is 4.90 Å². The smallest absolute Gasteiger partial charge is 0.310 e. The molecule has 0 aromatic carbocycles. The Balaban J connectivity index is 1.38. The topological polar surface area (TPSA) is 55.8 Å².